The highest BCUT2D eigenvalue weighted by Crippen LogP contribution is 2.12. The molecule has 0 atom stereocenters. The van der Waals surface area contributed by atoms with Gasteiger partial charge in [0.2, 0.25) is 0 Å². The topological polar surface area (TPSA) is 46.9 Å². The first-order valence-corrected chi connectivity index (χ1v) is 7.12. The smallest absolute Gasteiger partial charge is 0.251 e. The Kier molecular flexibility index (Phi) is 5.18. The summed E-state index contributed by atoms with van der Waals surface area (Å²) >= 11 is 5.95. The monoisotopic (exact) mass is 291 g/mol. The summed E-state index contributed by atoms with van der Waals surface area (Å²) in [5.41, 5.74) is 1.43. The normalized spacial score (nSPS) is 10.5. The van der Waals surface area contributed by atoms with Gasteiger partial charge >= 0.3 is 0 Å². The Morgan fingerprint density at radius 2 is 2.10 bits per heavy atom. The fourth-order valence-electron chi connectivity index (χ4n) is 1.99. The van der Waals surface area contributed by atoms with Crippen LogP contribution in [0.5, 0.6) is 0 Å². The molecule has 0 aliphatic heterocycles. The minimum atomic E-state index is -0.112. The molecule has 0 saturated heterocycles. The molecule has 0 radical (unpaired) electrons. The third-order valence-electron chi connectivity index (χ3n) is 2.94. The molecule has 4 nitrogen and oxygen atoms in total. The highest BCUT2D eigenvalue weighted by Gasteiger charge is 2.08. The summed E-state index contributed by atoms with van der Waals surface area (Å²) in [6.45, 7) is 3.40. The SMILES string of the molecule is CCCc1cc(C(=O)NCCn2cccc2)cc(Cl)n1. The largest absolute Gasteiger partial charge is 0.353 e. The van der Waals surface area contributed by atoms with Crippen LogP contribution < -0.4 is 5.32 Å². The van der Waals surface area contributed by atoms with Gasteiger partial charge in [-0.2, -0.15) is 0 Å². The van der Waals surface area contributed by atoms with Crippen LogP contribution in [0.3, 0.4) is 0 Å². The number of nitrogens with zero attached hydrogens (tertiary/aromatic N) is 2. The number of amides is 1. The van der Waals surface area contributed by atoms with E-state index < -0.39 is 0 Å². The van der Waals surface area contributed by atoms with E-state index in [1.807, 2.05) is 29.1 Å². The number of aryl methyl sites for hydroxylation is 1. The molecule has 2 aromatic heterocycles. The Morgan fingerprint density at radius 1 is 1.35 bits per heavy atom. The first kappa shape index (κ1) is 14.6. The lowest BCUT2D eigenvalue weighted by Gasteiger charge is -2.08. The predicted molar refractivity (Wildman–Crippen MR) is 80.0 cm³/mol. The highest BCUT2D eigenvalue weighted by atomic mass is 35.5. The fraction of sp³-hybridized carbons (Fsp3) is 0.333. The van der Waals surface area contributed by atoms with Gasteiger partial charge in [-0.1, -0.05) is 24.9 Å². The van der Waals surface area contributed by atoms with Crippen molar-refractivity contribution < 1.29 is 4.79 Å². The quantitative estimate of drug-likeness (QED) is 0.832. The molecule has 20 heavy (non-hydrogen) atoms. The lowest BCUT2D eigenvalue weighted by Crippen LogP contribution is -2.27. The number of nitrogens with one attached hydrogen (secondary N) is 1. The van der Waals surface area contributed by atoms with Crippen LogP contribution in [0.1, 0.15) is 29.4 Å². The zero-order valence-corrected chi connectivity index (χ0v) is 12.2. The summed E-state index contributed by atoms with van der Waals surface area (Å²) in [4.78, 5) is 16.3. The molecule has 0 aliphatic carbocycles. The molecular weight excluding hydrogens is 274 g/mol. The molecule has 5 heteroatoms. The average molecular weight is 292 g/mol. The van der Waals surface area contributed by atoms with Crippen LogP contribution in [0, 0.1) is 0 Å². The summed E-state index contributed by atoms with van der Waals surface area (Å²) in [7, 11) is 0. The molecule has 2 aromatic rings. The summed E-state index contributed by atoms with van der Waals surface area (Å²) in [5.74, 6) is -0.112. The van der Waals surface area contributed by atoms with E-state index in [0.717, 1.165) is 25.1 Å². The first-order chi connectivity index (χ1) is 9.69. The number of rotatable bonds is 6. The van der Waals surface area contributed by atoms with Gasteiger partial charge < -0.3 is 9.88 Å². The summed E-state index contributed by atoms with van der Waals surface area (Å²) in [6, 6.07) is 7.33. The second-order valence-electron chi connectivity index (χ2n) is 4.60. The minimum absolute atomic E-state index is 0.112. The van der Waals surface area contributed by atoms with Gasteiger partial charge in [-0.15, -0.1) is 0 Å². The van der Waals surface area contributed by atoms with Crippen molar-refractivity contribution in [1.82, 2.24) is 14.9 Å². The highest BCUT2D eigenvalue weighted by molar-refractivity contribution is 6.29. The van der Waals surface area contributed by atoms with Crippen molar-refractivity contribution in [3.05, 3.63) is 53.1 Å². The molecule has 0 fully saturated rings. The van der Waals surface area contributed by atoms with Crippen LogP contribution >= 0.6 is 11.6 Å². The molecule has 0 spiro atoms. The van der Waals surface area contributed by atoms with Crippen LogP contribution in [-0.4, -0.2) is 22.0 Å². The average Bonchev–Trinajstić information content (AvgIpc) is 2.91. The first-order valence-electron chi connectivity index (χ1n) is 6.74. The molecule has 0 unspecified atom stereocenters. The molecule has 2 heterocycles. The molecule has 2 rings (SSSR count). The maximum atomic E-state index is 12.1. The van der Waals surface area contributed by atoms with Crippen molar-refractivity contribution in [2.24, 2.45) is 0 Å². The van der Waals surface area contributed by atoms with E-state index in [0.29, 0.717) is 17.3 Å². The zero-order chi connectivity index (χ0) is 14.4. The van der Waals surface area contributed by atoms with Crippen LogP contribution in [-0.2, 0) is 13.0 Å². The number of pyridine rings is 1. The third kappa shape index (κ3) is 4.10. The molecule has 0 aromatic carbocycles. The minimum Gasteiger partial charge on any atom is -0.353 e. The van der Waals surface area contributed by atoms with Gasteiger partial charge in [0.25, 0.3) is 5.91 Å². The van der Waals surface area contributed by atoms with E-state index >= 15 is 0 Å². The second-order valence-corrected chi connectivity index (χ2v) is 4.98. The van der Waals surface area contributed by atoms with Crippen molar-refractivity contribution in [1.29, 1.82) is 0 Å². The van der Waals surface area contributed by atoms with Gasteiger partial charge in [0.05, 0.1) is 0 Å². The van der Waals surface area contributed by atoms with E-state index in [2.05, 4.69) is 17.2 Å². The fourth-order valence-corrected chi connectivity index (χ4v) is 2.21. The van der Waals surface area contributed by atoms with Gasteiger partial charge in [-0.3, -0.25) is 4.79 Å². The number of carbonyl (C=O) groups excluding carboxylic acids is 1. The van der Waals surface area contributed by atoms with E-state index in [1.165, 1.54) is 0 Å². The van der Waals surface area contributed by atoms with Crippen LogP contribution in [0.2, 0.25) is 5.15 Å². The van der Waals surface area contributed by atoms with Gasteiger partial charge in [0.15, 0.2) is 0 Å². The molecule has 0 aliphatic rings. The number of halogens is 1. The Labute approximate surface area is 123 Å². The van der Waals surface area contributed by atoms with E-state index in [1.54, 1.807) is 12.1 Å². The number of hydrogen-bond acceptors (Lipinski definition) is 2. The standard InChI is InChI=1S/C15H18ClN3O/c1-2-5-13-10-12(11-14(16)18-13)15(20)17-6-9-19-7-3-4-8-19/h3-4,7-8,10-11H,2,5-6,9H2,1H3,(H,17,20). The number of aromatic nitrogens is 2. The van der Waals surface area contributed by atoms with Crippen LogP contribution in [0.25, 0.3) is 0 Å². The summed E-state index contributed by atoms with van der Waals surface area (Å²) < 4.78 is 2.02. The van der Waals surface area contributed by atoms with Gasteiger partial charge in [0, 0.05) is 36.7 Å². The van der Waals surface area contributed by atoms with Crippen molar-refractivity contribution in [2.75, 3.05) is 6.54 Å². The maximum Gasteiger partial charge on any atom is 0.251 e. The predicted octanol–water partition coefficient (Wildman–Crippen LogP) is 2.92. The Hall–Kier alpha value is -1.81. The lowest BCUT2D eigenvalue weighted by atomic mass is 10.1. The summed E-state index contributed by atoms with van der Waals surface area (Å²) in [5, 5.41) is 3.25. The molecule has 1 amide bonds. The van der Waals surface area contributed by atoms with Crippen molar-refractivity contribution >= 4 is 17.5 Å². The van der Waals surface area contributed by atoms with Gasteiger partial charge in [-0.25, -0.2) is 4.98 Å². The summed E-state index contributed by atoms with van der Waals surface area (Å²) in [6.07, 6.45) is 5.73. The number of carbonyl (C=O) groups is 1. The number of hydrogen-bond donors (Lipinski definition) is 1. The van der Waals surface area contributed by atoms with Crippen molar-refractivity contribution in [3.8, 4) is 0 Å². The molecule has 106 valence electrons. The zero-order valence-electron chi connectivity index (χ0n) is 11.5. The molecule has 0 saturated carbocycles. The third-order valence-corrected chi connectivity index (χ3v) is 3.13. The van der Waals surface area contributed by atoms with Gasteiger partial charge in [0.1, 0.15) is 5.15 Å². The van der Waals surface area contributed by atoms with E-state index in [9.17, 15) is 4.79 Å². The van der Waals surface area contributed by atoms with Gasteiger partial charge in [-0.05, 0) is 30.7 Å². The van der Waals surface area contributed by atoms with Crippen LogP contribution in [0.15, 0.2) is 36.7 Å². The van der Waals surface area contributed by atoms with Crippen molar-refractivity contribution in [2.45, 2.75) is 26.3 Å². The lowest BCUT2D eigenvalue weighted by molar-refractivity contribution is 0.0952. The Balaban J connectivity index is 1.94. The van der Waals surface area contributed by atoms with E-state index in [4.69, 9.17) is 11.6 Å². The molecule has 0 bridgehead atoms. The second kappa shape index (κ2) is 7.10. The Bertz CT molecular complexity index is 567. The Morgan fingerprint density at radius 3 is 2.80 bits per heavy atom. The molecule has 1 N–H and O–H groups in total. The maximum absolute atomic E-state index is 12.1. The van der Waals surface area contributed by atoms with Crippen molar-refractivity contribution in [3.63, 3.8) is 0 Å². The van der Waals surface area contributed by atoms with E-state index in [-0.39, 0.29) is 5.91 Å². The molecular formula is C15H18ClN3O. The van der Waals surface area contributed by atoms with Crippen LogP contribution in [0.4, 0.5) is 0 Å².